The van der Waals surface area contributed by atoms with E-state index in [9.17, 15) is 20.0 Å². The standard InChI is InChI=1S/C17H19N3O4/c1-9-14-13(19-18-9)8-17(3,22)16(10(2)21)15(14)11-4-6-12(7-5-11)20(23)24/h4-7,14-16,22H,8H2,1-3H3/t14-,15-,16+,17+/m1/s1. The number of benzene rings is 1. The third-order valence-corrected chi connectivity index (χ3v) is 5.00. The average Bonchev–Trinajstić information content (AvgIpc) is 2.85. The highest BCUT2D eigenvalue weighted by Crippen LogP contribution is 2.48. The van der Waals surface area contributed by atoms with Crippen LogP contribution in [-0.4, -0.2) is 32.8 Å². The summed E-state index contributed by atoms with van der Waals surface area (Å²) < 4.78 is 0. The van der Waals surface area contributed by atoms with Gasteiger partial charge in [-0.2, -0.15) is 10.2 Å². The number of hydrogen-bond acceptors (Lipinski definition) is 6. The Hall–Kier alpha value is -2.41. The van der Waals surface area contributed by atoms with E-state index in [1.54, 1.807) is 19.1 Å². The van der Waals surface area contributed by atoms with E-state index in [0.29, 0.717) is 6.42 Å². The lowest BCUT2D eigenvalue weighted by atomic mass is 9.59. The number of fused-ring (bicyclic) bond motifs is 1. The number of ketones is 1. The Labute approximate surface area is 139 Å². The van der Waals surface area contributed by atoms with E-state index < -0.39 is 16.4 Å². The van der Waals surface area contributed by atoms with Gasteiger partial charge in [0.15, 0.2) is 0 Å². The topological polar surface area (TPSA) is 105 Å². The van der Waals surface area contributed by atoms with Gasteiger partial charge in [-0.1, -0.05) is 12.1 Å². The van der Waals surface area contributed by atoms with Gasteiger partial charge in [0.05, 0.1) is 22.2 Å². The van der Waals surface area contributed by atoms with Crippen LogP contribution in [0.15, 0.2) is 34.5 Å². The normalized spacial score (nSPS) is 31.9. The van der Waals surface area contributed by atoms with Gasteiger partial charge in [0.2, 0.25) is 0 Å². The summed E-state index contributed by atoms with van der Waals surface area (Å²) in [7, 11) is 0. The summed E-state index contributed by atoms with van der Waals surface area (Å²) >= 11 is 0. The Morgan fingerprint density at radius 1 is 1.33 bits per heavy atom. The number of hydrogen-bond donors (Lipinski definition) is 1. The van der Waals surface area contributed by atoms with E-state index in [4.69, 9.17) is 0 Å². The lowest BCUT2D eigenvalue weighted by Crippen LogP contribution is -2.53. The van der Waals surface area contributed by atoms with Gasteiger partial charge in [0, 0.05) is 36.1 Å². The molecule has 126 valence electrons. The number of rotatable bonds is 3. The number of nitro groups is 1. The van der Waals surface area contributed by atoms with Gasteiger partial charge in [0.25, 0.3) is 5.69 Å². The van der Waals surface area contributed by atoms with E-state index in [2.05, 4.69) is 10.2 Å². The number of Topliss-reactive ketones (excluding diaryl/α,β-unsaturated/α-hetero) is 1. The number of carbonyl (C=O) groups excluding carboxylic acids is 1. The first-order valence-corrected chi connectivity index (χ1v) is 7.80. The molecule has 0 aromatic heterocycles. The van der Waals surface area contributed by atoms with E-state index in [-0.39, 0.29) is 23.3 Å². The average molecular weight is 329 g/mol. The van der Waals surface area contributed by atoms with Gasteiger partial charge < -0.3 is 5.11 Å². The predicted molar refractivity (Wildman–Crippen MR) is 89.3 cm³/mol. The summed E-state index contributed by atoms with van der Waals surface area (Å²) in [4.78, 5) is 22.7. The van der Waals surface area contributed by atoms with Crippen LogP contribution in [-0.2, 0) is 4.79 Å². The van der Waals surface area contributed by atoms with Crippen molar-refractivity contribution in [2.75, 3.05) is 0 Å². The zero-order chi connectivity index (χ0) is 17.6. The molecule has 1 heterocycles. The van der Waals surface area contributed by atoms with Crippen molar-refractivity contribution in [2.24, 2.45) is 22.0 Å². The van der Waals surface area contributed by atoms with Crippen LogP contribution in [0.2, 0.25) is 0 Å². The minimum absolute atomic E-state index is 0.00797. The minimum atomic E-state index is -1.23. The van der Waals surface area contributed by atoms with Gasteiger partial charge in [-0.15, -0.1) is 0 Å². The minimum Gasteiger partial charge on any atom is -0.389 e. The van der Waals surface area contributed by atoms with Gasteiger partial charge in [-0.05, 0) is 26.3 Å². The first-order chi connectivity index (χ1) is 11.2. The first kappa shape index (κ1) is 16.4. The zero-order valence-electron chi connectivity index (χ0n) is 13.8. The number of nitrogens with zero attached hydrogens (tertiary/aromatic N) is 3. The molecule has 0 bridgehead atoms. The van der Waals surface area contributed by atoms with Crippen molar-refractivity contribution in [3.05, 3.63) is 39.9 Å². The molecule has 4 atom stereocenters. The molecule has 0 saturated heterocycles. The molecular weight excluding hydrogens is 310 g/mol. The van der Waals surface area contributed by atoms with Gasteiger partial charge in [0.1, 0.15) is 5.78 Å². The molecule has 1 N–H and O–H groups in total. The van der Waals surface area contributed by atoms with Crippen molar-refractivity contribution in [3.8, 4) is 0 Å². The Morgan fingerprint density at radius 3 is 2.50 bits per heavy atom. The van der Waals surface area contributed by atoms with Crippen LogP contribution in [0.5, 0.6) is 0 Å². The fourth-order valence-electron chi connectivity index (χ4n) is 4.07. The smallest absolute Gasteiger partial charge is 0.269 e. The molecule has 7 heteroatoms. The van der Waals surface area contributed by atoms with E-state index in [0.717, 1.165) is 17.0 Å². The van der Waals surface area contributed by atoms with Crippen LogP contribution >= 0.6 is 0 Å². The van der Waals surface area contributed by atoms with Crippen LogP contribution in [0.1, 0.15) is 38.7 Å². The third-order valence-electron chi connectivity index (χ3n) is 5.00. The van der Waals surface area contributed by atoms with Crippen LogP contribution in [0.3, 0.4) is 0 Å². The summed E-state index contributed by atoms with van der Waals surface area (Å²) in [5, 5.41) is 30.0. The lowest BCUT2D eigenvalue weighted by Gasteiger charge is -2.45. The van der Waals surface area contributed by atoms with Crippen molar-refractivity contribution in [2.45, 2.75) is 38.7 Å². The van der Waals surface area contributed by atoms with E-state index in [1.807, 2.05) is 6.92 Å². The second-order valence-electron chi connectivity index (χ2n) is 6.81. The molecule has 2 aliphatic rings. The predicted octanol–water partition coefficient (Wildman–Crippen LogP) is 2.49. The number of nitro benzene ring substituents is 1. The fraction of sp³-hybridized carbons (Fsp3) is 0.471. The van der Waals surface area contributed by atoms with Crippen molar-refractivity contribution in [1.82, 2.24) is 0 Å². The second kappa shape index (κ2) is 5.59. The summed E-state index contributed by atoms with van der Waals surface area (Å²) in [6, 6.07) is 6.16. The molecule has 0 radical (unpaired) electrons. The number of non-ortho nitro benzene ring substituents is 1. The highest BCUT2D eigenvalue weighted by atomic mass is 16.6. The van der Waals surface area contributed by atoms with Gasteiger partial charge >= 0.3 is 0 Å². The highest BCUT2D eigenvalue weighted by molar-refractivity contribution is 6.12. The molecule has 0 unspecified atom stereocenters. The molecule has 1 aromatic rings. The molecule has 0 amide bonds. The molecule has 7 nitrogen and oxygen atoms in total. The first-order valence-electron chi connectivity index (χ1n) is 7.80. The lowest BCUT2D eigenvalue weighted by molar-refractivity contribution is -0.384. The van der Waals surface area contributed by atoms with Crippen molar-refractivity contribution in [1.29, 1.82) is 0 Å². The summed E-state index contributed by atoms with van der Waals surface area (Å²) in [6.07, 6.45) is 0.298. The fourth-order valence-corrected chi connectivity index (χ4v) is 4.07. The molecule has 1 aliphatic heterocycles. The Kier molecular flexibility index (Phi) is 3.83. The summed E-state index contributed by atoms with van der Waals surface area (Å²) in [5.41, 5.74) is 1.10. The maximum atomic E-state index is 12.3. The second-order valence-corrected chi connectivity index (χ2v) is 6.81. The quantitative estimate of drug-likeness (QED) is 0.679. The van der Waals surface area contributed by atoms with Crippen molar-refractivity contribution >= 4 is 22.9 Å². The largest absolute Gasteiger partial charge is 0.389 e. The molecular formula is C17H19N3O4. The molecule has 24 heavy (non-hydrogen) atoms. The Bertz CT molecular complexity index is 765. The maximum Gasteiger partial charge on any atom is 0.269 e. The van der Waals surface area contributed by atoms with E-state index in [1.165, 1.54) is 19.1 Å². The molecule has 1 aliphatic carbocycles. The number of aliphatic hydroxyl groups is 1. The maximum absolute atomic E-state index is 12.3. The number of carbonyl (C=O) groups is 1. The van der Waals surface area contributed by atoms with Crippen LogP contribution in [0.4, 0.5) is 5.69 Å². The Morgan fingerprint density at radius 2 is 1.96 bits per heavy atom. The van der Waals surface area contributed by atoms with Gasteiger partial charge in [-0.3, -0.25) is 14.9 Å². The van der Waals surface area contributed by atoms with Crippen LogP contribution in [0.25, 0.3) is 0 Å². The molecule has 1 aromatic carbocycles. The monoisotopic (exact) mass is 329 g/mol. The molecule has 0 spiro atoms. The summed E-state index contributed by atoms with van der Waals surface area (Å²) in [5.74, 6) is -1.22. The zero-order valence-corrected chi connectivity index (χ0v) is 13.8. The highest BCUT2D eigenvalue weighted by Gasteiger charge is 2.53. The van der Waals surface area contributed by atoms with E-state index >= 15 is 0 Å². The third kappa shape index (κ3) is 2.54. The van der Waals surface area contributed by atoms with Crippen LogP contribution in [0, 0.1) is 22.0 Å². The molecule has 3 rings (SSSR count). The summed E-state index contributed by atoms with van der Waals surface area (Å²) in [6.45, 7) is 4.97. The SMILES string of the molecule is CC(=O)[C@H]1[C@H](c2ccc([N+](=O)[O-])cc2)[C@@H]2C(C)=NN=C2C[C@]1(C)O. The van der Waals surface area contributed by atoms with Crippen LogP contribution < -0.4 is 0 Å². The van der Waals surface area contributed by atoms with Gasteiger partial charge in [-0.25, -0.2) is 0 Å². The Balaban J connectivity index is 2.11. The molecule has 1 fully saturated rings. The van der Waals surface area contributed by atoms with Crippen molar-refractivity contribution in [3.63, 3.8) is 0 Å². The van der Waals surface area contributed by atoms with Crippen molar-refractivity contribution < 1.29 is 14.8 Å². The molecule has 1 saturated carbocycles.